The highest BCUT2D eigenvalue weighted by molar-refractivity contribution is 7.86. The summed E-state index contributed by atoms with van der Waals surface area (Å²) in [4.78, 5) is -0.0739. The highest BCUT2D eigenvalue weighted by Gasteiger charge is 2.16. The Morgan fingerprint density at radius 2 is 1.33 bits per heavy atom. The Labute approximate surface area is 182 Å². The van der Waals surface area contributed by atoms with Crippen LogP contribution in [0.3, 0.4) is 0 Å². The van der Waals surface area contributed by atoms with Crippen molar-refractivity contribution in [1.29, 1.82) is 0 Å². The van der Waals surface area contributed by atoms with Crippen molar-refractivity contribution < 1.29 is 17.7 Å². The first-order valence-electron chi connectivity index (χ1n) is 11.5. The van der Waals surface area contributed by atoms with E-state index in [1.54, 1.807) is 19.2 Å². The fourth-order valence-corrected chi connectivity index (χ4v) is 4.77. The van der Waals surface area contributed by atoms with Gasteiger partial charge in [0.25, 0.3) is 10.1 Å². The molecule has 2 rings (SSSR count). The second-order valence-electron chi connectivity index (χ2n) is 8.26. The second kappa shape index (κ2) is 13.0. The van der Waals surface area contributed by atoms with E-state index in [0.717, 1.165) is 18.2 Å². The lowest BCUT2D eigenvalue weighted by Crippen LogP contribution is -2.00. The van der Waals surface area contributed by atoms with Crippen LogP contribution in [0.25, 0.3) is 10.8 Å². The van der Waals surface area contributed by atoms with Gasteiger partial charge < -0.3 is 4.74 Å². The van der Waals surface area contributed by atoms with E-state index in [4.69, 9.17) is 4.74 Å². The first kappa shape index (κ1) is 24.7. The highest BCUT2D eigenvalue weighted by atomic mass is 32.2. The maximum absolute atomic E-state index is 11.6. The van der Waals surface area contributed by atoms with Crippen molar-refractivity contribution >= 4 is 20.9 Å². The van der Waals surface area contributed by atoms with Gasteiger partial charge in [-0.15, -0.1) is 0 Å². The lowest BCUT2D eigenvalue weighted by atomic mass is 10.0. The second-order valence-corrected chi connectivity index (χ2v) is 9.65. The summed E-state index contributed by atoms with van der Waals surface area (Å²) < 4.78 is 38.2. The molecule has 0 unspecified atom stereocenters. The molecule has 0 saturated heterocycles. The number of methoxy groups -OCH3 is 1. The Bertz CT molecular complexity index is 874. The molecule has 0 spiro atoms. The SMILES string of the molecule is CCCCCCCCCCCCCCc1ccc2c(S(=O)(=O)O)ccc(OC)c2c1. The summed E-state index contributed by atoms with van der Waals surface area (Å²) in [5.41, 5.74) is 1.17. The van der Waals surface area contributed by atoms with Crippen molar-refractivity contribution in [2.24, 2.45) is 0 Å². The van der Waals surface area contributed by atoms with E-state index in [-0.39, 0.29) is 4.90 Å². The molecule has 30 heavy (non-hydrogen) atoms. The average Bonchev–Trinajstić information content (AvgIpc) is 2.72. The van der Waals surface area contributed by atoms with E-state index < -0.39 is 10.1 Å². The molecule has 0 aliphatic heterocycles. The Kier molecular flexibility index (Phi) is 10.7. The number of benzene rings is 2. The molecule has 0 fully saturated rings. The molecule has 0 aromatic heterocycles. The van der Waals surface area contributed by atoms with Gasteiger partial charge in [-0.1, -0.05) is 89.7 Å². The van der Waals surface area contributed by atoms with Gasteiger partial charge >= 0.3 is 0 Å². The van der Waals surface area contributed by atoms with Crippen LogP contribution in [0.5, 0.6) is 5.75 Å². The minimum atomic E-state index is -4.26. The van der Waals surface area contributed by atoms with Crippen LogP contribution in [0.4, 0.5) is 0 Å². The van der Waals surface area contributed by atoms with E-state index in [2.05, 4.69) is 6.92 Å². The Hall–Kier alpha value is -1.59. The van der Waals surface area contributed by atoms with Crippen LogP contribution in [0.15, 0.2) is 35.2 Å². The van der Waals surface area contributed by atoms with Crippen LogP contribution >= 0.6 is 0 Å². The molecule has 0 aliphatic rings. The standard InChI is InChI=1S/C25H38O4S/c1-3-4-5-6-7-8-9-10-11-12-13-14-15-21-16-17-22-23(20-21)24(29-2)18-19-25(22)30(26,27)28/h16-20H,3-15H2,1-2H3,(H,26,27,28). The van der Waals surface area contributed by atoms with Crippen LogP contribution in [0, 0.1) is 0 Å². The number of ether oxygens (including phenoxy) is 1. The molecule has 5 heteroatoms. The number of rotatable bonds is 15. The maximum Gasteiger partial charge on any atom is 0.295 e. The van der Waals surface area contributed by atoms with Gasteiger partial charge in [-0.25, -0.2) is 0 Å². The molecular weight excluding hydrogens is 396 g/mol. The van der Waals surface area contributed by atoms with Gasteiger partial charge in [-0.05, 0) is 36.6 Å². The maximum atomic E-state index is 11.6. The minimum Gasteiger partial charge on any atom is -0.496 e. The van der Waals surface area contributed by atoms with Gasteiger partial charge in [0, 0.05) is 10.8 Å². The topological polar surface area (TPSA) is 63.6 Å². The van der Waals surface area contributed by atoms with Crippen molar-refractivity contribution in [2.75, 3.05) is 7.11 Å². The highest BCUT2D eigenvalue weighted by Crippen LogP contribution is 2.32. The summed E-state index contributed by atoms with van der Waals surface area (Å²) in [6.07, 6.45) is 16.9. The predicted molar refractivity (Wildman–Crippen MR) is 125 cm³/mol. The minimum absolute atomic E-state index is 0.0739. The van der Waals surface area contributed by atoms with E-state index >= 15 is 0 Å². The number of fused-ring (bicyclic) bond motifs is 1. The van der Waals surface area contributed by atoms with E-state index in [1.165, 1.54) is 82.3 Å². The van der Waals surface area contributed by atoms with Crippen LogP contribution in [0.2, 0.25) is 0 Å². The monoisotopic (exact) mass is 434 g/mol. The lowest BCUT2D eigenvalue weighted by Gasteiger charge is -2.11. The van der Waals surface area contributed by atoms with Crippen molar-refractivity contribution in [3.8, 4) is 5.75 Å². The van der Waals surface area contributed by atoms with Gasteiger partial charge in [0.1, 0.15) is 10.6 Å². The summed E-state index contributed by atoms with van der Waals surface area (Å²) in [6.45, 7) is 2.26. The summed E-state index contributed by atoms with van der Waals surface area (Å²) in [5, 5.41) is 1.22. The van der Waals surface area contributed by atoms with Gasteiger partial charge in [-0.2, -0.15) is 8.42 Å². The third-order valence-electron chi connectivity index (χ3n) is 5.82. The molecule has 168 valence electrons. The molecule has 2 aromatic rings. The zero-order valence-electron chi connectivity index (χ0n) is 18.7. The van der Waals surface area contributed by atoms with Crippen molar-refractivity contribution in [1.82, 2.24) is 0 Å². The zero-order chi connectivity index (χ0) is 21.8. The summed E-state index contributed by atoms with van der Waals surface area (Å²) in [5.74, 6) is 0.619. The molecule has 0 bridgehead atoms. The number of unbranched alkanes of at least 4 members (excludes halogenated alkanes) is 11. The van der Waals surface area contributed by atoms with Gasteiger partial charge in [0.2, 0.25) is 0 Å². The molecule has 0 atom stereocenters. The van der Waals surface area contributed by atoms with Gasteiger partial charge in [0.15, 0.2) is 0 Å². The molecule has 0 radical (unpaired) electrons. The van der Waals surface area contributed by atoms with Crippen molar-refractivity contribution in [3.05, 3.63) is 35.9 Å². The van der Waals surface area contributed by atoms with Crippen LogP contribution in [-0.4, -0.2) is 20.1 Å². The fourth-order valence-electron chi connectivity index (χ4n) is 4.07. The summed E-state index contributed by atoms with van der Waals surface area (Å²) >= 11 is 0. The Morgan fingerprint density at radius 3 is 1.87 bits per heavy atom. The third-order valence-corrected chi connectivity index (χ3v) is 6.73. The van der Waals surface area contributed by atoms with E-state index in [1.807, 2.05) is 12.1 Å². The first-order chi connectivity index (χ1) is 14.5. The molecule has 0 heterocycles. The van der Waals surface area contributed by atoms with Crippen LogP contribution < -0.4 is 4.74 Å². The quantitative estimate of drug-likeness (QED) is 0.235. The largest absolute Gasteiger partial charge is 0.496 e. The summed E-state index contributed by atoms with van der Waals surface area (Å²) in [6, 6.07) is 8.70. The number of hydrogen-bond donors (Lipinski definition) is 1. The van der Waals surface area contributed by atoms with E-state index in [0.29, 0.717) is 11.1 Å². The normalized spacial score (nSPS) is 11.8. The van der Waals surface area contributed by atoms with Crippen molar-refractivity contribution in [3.63, 3.8) is 0 Å². The predicted octanol–water partition coefficient (Wildman–Crippen LogP) is 7.34. The Morgan fingerprint density at radius 1 is 0.767 bits per heavy atom. The van der Waals surface area contributed by atoms with Crippen LogP contribution in [0.1, 0.15) is 89.5 Å². The average molecular weight is 435 g/mol. The molecule has 0 amide bonds. The van der Waals surface area contributed by atoms with Gasteiger partial charge in [0.05, 0.1) is 7.11 Å². The van der Waals surface area contributed by atoms with E-state index in [9.17, 15) is 13.0 Å². The molecule has 0 aliphatic carbocycles. The molecule has 1 N–H and O–H groups in total. The first-order valence-corrected chi connectivity index (χ1v) is 13.0. The van der Waals surface area contributed by atoms with Crippen LogP contribution in [-0.2, 0) is 16.5 Å². The van der Waals surface area contributed by atoms with Crippen molar-refractivity contribution in [2.45, 2.75) is 95.3 Å². The zero-order valence-corrected chi connectivity index (χ0v) is 19.5. The number of hydrogen-bond acceptors (Lipinski definition) is 3. The Balaban J connectivity index is 1.75. The third kappa shape index (κ3) is 7.92. The molecule has 0 saturated carbocycles. The lowest BCUT2D eigenvalue weighted by molar-refractivity contribution is 0.419. The molecule has 4 nitrogen and oxygen atoms in total. The smallest absolute Gasteiger partial charge is 0.295 e. The van der Waals surface area contributed by atoms with Gasteiger partial charge in [-0.3, -0.25) is 4.55 Å². The number of aryl methyl sites for hydroxylation is 1. The fraction of sp³-hybridized carbons (Fsp3) is 0.600. The summed E-state index contributed by atoms with van der Waals surface area (Å²) in [7, 11) is -2.69. The molecular formula is C25H38O4S. The molecule has 2 aromatic carbocycles.